The quantitative estimate of drug-likeness (QED) is 0.888. The minimum Gasteiger partial charge on any atom is -0.348 e. The number of pyridine rings is 1. The molecule has 0 spiro atoms. The summed E-state index contributed by atoms with van der Waals surface area (Å²) in [6, 6.07) is 3.06. The van der Waals surface area contributed by atoms with Crippen LogP contribution in [-0.4, -0.2) is 21.9 Å². The number of aromatic amines is 1. The van der Waals surface area contributed by atoms with Gasteiger partial charge in [0.15, 0.2) is 0 Å². The van der Waals surface area contributed by atoms with Gasteiger partial charge in [0, 0.05) is 12.2 Å². The minimum atomic E-state index is -0.360. The van der Waals surface area contributed by atoms with Crippen LogP contribution in [0.4, 0.5) is 4.39 Å². The normalized spacial score (nSPS) is 17.4. The van der Waals surface area contributed by atoms with Gasteiger partial charge in [-0.1, -0.05) is 32.1 Å². The maximum Gasteiger partial charge on any atom is 0.267 e. The van der Waals surface area contributed by atoms with E-state index < -0.39 is 0 Å². The van der Waals surface area contributed by atoms with Gasteiger partial charge in [0.1, 0.15) is 17.2 Å². The molecule has 4 nitrogen and oxygen atoms in total. The van der Waals surface area contributed by atoms with Crippen molar-refractivity contribution in [2.75, 3.05) is 0 Å². The molecule has 2 N–H and O–H groups in total. The molecule has 112 valence electrons. The molecule has 1 aliphatic rings. The van der Waals surface area contributed by atoms with E-state index in [0.717, 1.165) is 25.7 Å². The van der Waals surface area contributed by atoms with Crippen LogP contribution in [0, 0.1) is 5.82 Å². The summed E-state index contributed by atoms with van der Waals surface area (Å²) < 4.78 is 13.6. The van der Waals surface area contributed by atoms with Crippen molar-refractivity contribution >= 4 is 16.9 Å². The van der Waals surface area contributed by atoms with Crippen LogP contribution in [0.2, 0.25) is 0 Å². The number of rotatable bonds is 2. The Labute approximate surface area is 123 Å². The first-order valence-corrected chi connectivity index (χ1v) is 7.68. The molecule has 0 bridgehead atoms. The van der Waals surface area contributed by atoms with Crippen molar-refractivity contribution in [3.63, 3.8) is 0 Å². The molecular formula is C16H20FN3O. The topological polar surface area (TPSA) is 57.8 Å². The van der Waals surface area contributed by atoms with Crippen LogP contribution in [0.1, 0.15) is 55.4 Å². The van der Waals surface area contributed by atoms with Gasteiger partial charge in [-0.05, 0) is 25.0 Å². The van der Waals surface area contributed by atoms with E-state index in [1.54, 1.807) is 0 Å². The number of fused-ring (bicyclic) bond motifs is 1. The number of hydrogen-bond donors (Lipinski definition) is 2. The third-order valence-corrected chi connectivity index (χ3v) is 4.16. The molecule has 21 heavy (non-hydrogen) atoms. The third kappa shape index (κ3) is 3.23. The Balaban J connectivity index is 1.72. The number of nitrogens with zero attached hydrogens (tertiary/aromatic N) is 1. The zero-order valence-electron chi connectivity index (χ0n) is 12.0. The number of amides is 1. The Kier molecular flexibility index (Phi) is 4.18. The Hall–Kier alpha value is -1.91. The molecule has 3 rings (SSSR count). The number of aromatic nitrogens is 2. The van der Waals surface area contributed by atoms with Gasteiger partial charge in [-0.2, -0.15) is 0 Å². The Morgan fingerprint density at radius 1 is 1.24 bits per heavy atom. The summed E-state index contributed by atoms with van der Waals surface area (Å²) >= 11 is 0. The first kappa shape index (κ1) is 14.0. The molecule has 0 radical (unpaired) electrons. The number of halogens is 1. The van der Waals surface area contributed by atoms with E-state index in [9.17, 15) is 9.18 Å². The van der Waals surface area contributed by atoms with Crippen LogP contribution in [0.5, 0.6) is 0 Å². The van der Waals surface area contributed by atoms with Crippen LogP contribution in [-0.2, 0) is 0 Å². The molecule has 0 aromatic carbocycles. The molecule has 2 aromatic rings. The highest BCUT2D eigenvalue weighted by atomic mass is 19.1. The fourth-order valence-electron chi connectivity index (χ4n) is 2.98. The summed E-state index contributed by atoms with van der Waals surface area (Å²) in [4.78, 5) is 19.2. The number of nitrogens with one attached hydrogen (secondary N) is 2. The summed E-state index contributed by atoms with van der Waals surface area (Å²) in [5.41, 5.74) is 0.794. The molecule has 1 saturated carbocycles. The standard InChI is InChI=1S/C16H20FN3O/c17-13-8-9-18-15-12(13)10-14(20-15)16(21)19-11-6-4-2-1-3-5-7-11/h8-11H,1-7H2,(H,18,20)(H,19,21). The fraction of sp³-hybridized carbons (Fsp3) is 0.500. The number of carbonyl (C=O) groups excluding carboxylic acids is 1. The van der Waals surface area contributed by atoms with E-state index in [4.69, 9.17) is 0 Å². The van der Waals surface area contributed by atoms with E-state index in [1.807, 2.05) is 0 Å². The summed E-state index contributed by atoms with van der Waals surface area (Å²) in [7, 11) is 0. The molecule has 1 fully saturated rings. The lowest BCUT2D eigenvalue weighted by Crippen LogP contribution is -2.35. The van der Waals surface area contributed by atoms with E-state index in [1.165, 1.54) is 37.6 Å². The molecule has 1 amide bonds. The Bertz CT molecular complexity index is 629. The van der Waals surface area contributed by atoms with Gasteiger partial charge in [-0.15, -0.1) is 0 Å². The fourth-order valence-corrected chi connectivity index (χ4v) is 2.98. The number of hydrogen-bond acceptors (Lipinski definition) is 2. The van der Waals surface area contributed by atoms with Crippen molar-refractivity contribution in [2.24, 2.45) is 0 Å². The minimum absolute atomic E-state index is 0.169. The maximum atomic E-state index is 13.6. The first-order chi connectivity index (χ1) is 10.2. The van der Waals surface area contributed by atoms with Gasteiger partial charge >= 0.3 is 0 Å². The zero-order valence-corrected chi connectivity index (χ0v) is 12.0. The Morgan fingerprint density at radius 2 is 1.95 bits per heavy atom. The largest absolute Gasteiger partial charge is 0.348 e. The second kappa shape index (κ2) is 6.24. The van der Waals surface area contributed by atoms with Crippen LogP contribution < -0.4 is 5.32 Å². The van der Waals surface area contributed by atoms with Gasteiger partial charge in [-0.25, -0.2) is 9.37 Å². The van der Waals surface area contributed by atoms with E-state index >= 15 is 0 Å². The van der Waals surface area contributed by atoms with E-state index in [2.05, 4.69) is 15.3 Å². The predicted molar refractivity (Wildman–Crippen MR) is 79.6 cm³/mol. The molecule has 5 heteroatoms. The molecule has 2 aromatic heterocycles. The zero-order chi connectivity index (χ0) is 14.7. The first-order valence-electron chi connectivity index (χ1n) is 7.68. The summed E-state index contributed by atoms with van der Waals surface area (Å²) in [5.74, 6) is -0.528. The highest BCUT2D eigenvalue weighted by Gasteiger charge is 2.17. The lowest BCUT2D eigenvalue weighted by atomic mass is 9.96. The van der Waals surface area contributed by atoms with Gasteiger partial charge in [-0.3, -0.25) is 4.79 Å². The van der Waals surface area contributed by atoms with Crippen molar-refractivity contribution in [1.82, 2.24) is 15.3 Å². The predicted octanol–water partition coefficient (Wildman–Crippen LogP) is 3.54. The van der Waals surface area contributed by atoms with Crippen molar-refractivity contribution < 1.29 is 9.18 Å². The summed E-state index contributed by atoms with van der Waals surface area (Å²) in [5, 5.41) is 3.42. The van der Waals surface area contributed by atoms with Crippen molar-refractivity contribution in [3.8, 4) is 0 Å². The molecule has 0 saturated heterocycles. The number of H-pyrrole nitrogens is 1. The molecule has 2 heterocycles. The van der Waals surface area contributed by atoms with Crippen molar-refractivity contribution in [3.05, 3.63) is 29.8 Å². The molecule has 0 atom stereocenters. The molecule has 0 unspecified atom stereocenters. The average molecular weight is 289 g/mol. The van der Waals surface area contributed by atoms with Crippen molar-refractivity contribution in [1.29, 1.82) is 0 Å². The number of carbonyl (C=O) groups is 1. The van der Waals surface area contributed by atoms with Crippen LogP contribution in [0.3, 0.4) is 0 Å². The second-order valence-electron chi connectivity index (χ2n) is 5.75. The van der Waals surface area contributed by atoms with E-state index in [-0.39, 0.29) is 17.8 Å². The highest BCUT2D eigenvalue weighted by molar-refractivity contribution is 5.97. The van der Waals surface area contributed by atoms with Gasteiger partial charge in [0.25, 0.3) is 5.91 Å². The van der Waals surface area contributed by atoms with Gasteiger partial charge in [0.05, 0.1) is 5.39 Å². The van der Waals surface area contributed by atoms with Crippen LogP contribution in [0.15, 0.2) is 18.3 Å². The van der Waals surface area contributed by atoms with Gasteiger partial charge < -0.3 is 10.3 Å². The molecular weight excluding hydrogens is 269 g/mol. The monoisotopic (exact) mass is 289 g/mol. The second-order valence-corrected chi connectivity index (χ2v) is 5.75. The highest BCUT2D eigenvalue weighted by Crippen LogP contribution is 2.19. The van der Waals surface area contributed by atoms with Crippen LogP contribution in [0.25, 0.3) is 11.0 Å². The van der Waals surface area contributed by atoms with E-state index in [0.29, 0.717) is 16.7 Å². The lowest BCUT2D eigenvalue weighted by molar-refractivity contribution is 0.0926. The third-order valence-electron chi connectivity index (χ3n) is 4.16. The SMILES string of the molecule is O=C(NC1CCCCCCC1)c1cc2c(F)ccnc2[nH]1. The molecule has 1 aliphatic carbocycles. The smallest absolute Gasteiger partial charge is 0.267 e. The average Bonchev–Trinajstić information content (AvgIpc) is 2.87. The Morgan fingerprint density at radius 3 is 2.67 bits per heavy atom. The van der Waals surface area contributed by atoms with Crippen LogP contribution >= 0.6 is 0 Å². The molecule has 0 aliphatic heterocycles. The summed E-state index contributed by atoms with van der Waals surface area (Å²) in [6.07, 6.45) is 9.55. The summed E-state index contributed by atoms with van der Waals surface area (Å²) in [6.45, 7) is 0. The van der Waals surface area contributed by atoms with Gasteiger partial charge in [0.2, 0.25) is 0 Å². The maximum absolute atomic E-state index is 13.6. The van der Waals surface area contributed by atoms with Crippen molar-refractivity contribution in [2.45, 2.75) is 51.0 Å². The lowest BCUT2D eigenvalue weighted by Gasteiger charge is -2.20.